The summed E-state index contributed by atoms with van der Waals surface area (Å²) in [7, 11) is 0. The monoisotopic (exact) mass is 382 g/mol. The topological polar surface area (TPSA) is 66.3 Å². The van der Waals surface area contributed by atoms with E-state index in [1.54, 1.807) is 29.2 Å². The zero-order valence-corrected chi connectivity index (χ0v) is 14.1. The highest BCUT2D eigenvalue weighted by Gasteiger charge is 2.12. The summed E-state index contributed by atoms with van der Waals surface area (Å²) in [5, 5.41) is 17.2. The predicted octanol–water partition coefficient (Wildman–Crippen LogP) is 3.43. The third-order valence-corrected chi connectivity index (χ3v) is 4.12. The molecule has 24 heavy (non-hydrogen) atoms. The minimum Gasteiger partial charge on any atom is -0.335 e. The Labute approximate surface area is 146 Å². The van der Waals surface area contributed by atoms with E-state index in [4.69, 9.17) is 0 Å². The molecule has 0 saturated carbocycles. The molecule has 2 N–H and O–H groups in total. The zero-order valence-electron chi connectivity index (χ0n) is 12.5. The molecule has 7 heteroatoms. The van der Waals surface area contributed by atoms with Crippen LogP contribution in [0, 0.1) is 0 Å². The Kier molecular flexibility index (Phi) is 3.62. The van der Waals surface area contributed by atoms with Gasteiger partial charge in [-0.3, -0.25) is 5.21 Å². The van der Waals surface area contributed by atoms with Crippen molar-refractivity contribution in [1.82, 2.24) is 14.6 Å². The molecule has 0 fully saturated rings. The van der Waals surface area contributed by atoms with Crippen molar-refractivity contribution >= 4 is 33.1 Å². The van der Waals surface area contributed by atoms with Crippen molar-refractivity contribution in [3.8, 4) is 11.3 Å². The smallest absolute Gasteiger partial charge is 0.245 e. The normalized spacial score (nSPS) is 10.9. The number of rotatable bonds is 3. The highest BCUT2D eigenvalue weighted by Crippen LogP contribution is 2.27. The van der Waals surface area contributed by atoms with Gasteiger partial charge in [0.25, 0.3) is 0 Å². The van der Waals surface area contributed by atoms with E-state index in [0.29, 0.717) is 5.65 Å². The van der Waals surface area contributed by atoms with Crippen LogP contribution in [0.4, 0.5) is 11.5 Å². The third kappa shape index (κ3) is 2.69. The summed E-state index contributed by atoms with van der Waals surface area (Å²) in [6.07, 6.45) is 4.83. The van der Waals surface area contributed by atoms with Gasteiger partial charge in [-0.15, -0.1) is 0 Å². The summed E-state index contributed by atoms with van der Waals surface area (Å²) in [6, 6.07) is 15.5. The van der Waals surface area contributed by atoms with E-state index in [-0.39, 0.29) is 0 Å². The van der Waals surface area contributed by atoms with Gasteiger partial charge < -0.3 is 5.32 Å². The largest absolute Gasteiger partial charge is 0.335 e. The molecule has 118 valence electrons. The number of benzene rings is 1. The Hall–Kier alpha value is -2.93. The van der Waals surface area contributed by atoms with E-state index < -0.39 is 0 Å². The number of fused-ring (bicyclic) bond motifs is 1. The SMILES string of the molecule is O[n+]1cccc(Nc2cc(-c3ccccc3)nc3c(Br)cnn23)c1. The second-order valence-electron chi connectivity index (χ2n) is 5.22. The van der Waals surface area contributed by atoms with Crippen LogP contribution in [-0.2, 0) is 0 Å². The first kappa shape index (κ1) is 14.6. The first-order valence-corrected chi connectivity index (χ1v) is 8.07. The maximum atomic E-state index is 9.58. The Balaban J connectivity index is 1.87. The molecule has 4 aromatic rings. The maximum Gasteiger partial charge on any atom is 0.245 e. The molecule has 0 saturated heterocycles. The van der Waals surface area contributed by atoms with Gasteiger partial charge in [-0.2, -0.15) is 9.61 Å². The van der Waals surface area contributed by atoms with E-state index in [0.717, 1.165) is 32.0 Å². The van der Waals surface area contributed by atoms with Crippen LogP contribution in [0.1, 0.15) is 0 Å². The number of aromatic nitrogens is 4. The van der Waals surface area contributed by atoms with E-state index in [1.165, 1.54) is 0 Å². The van der Waals surface area contributed by atoms with Crippen LogP contribution in [0.3, 0.4) is 0 Å². The molecule has 0 amide bonds. The second kappa shape index (κ2) is 5.93. The van der Waals surface area contributed by atoms with Crippen molar-refractivity contribution in [2.75, 3.05) is 5.32 Å². The minimum absolute atomic E-state index is 0.714. The van der Waals surface area contributed by atoms with Gasteiger partial charge in [-0.25, -0.2) is 4.98 Å². The van der Waals surface area contributed by atoms with Crippen LogP contribution in [0.15, 0.2) is 71.6 Å². The third-order valence-electron chi connectivity index (χ3n) is 3.56. The van der Waals surface area contributed by atoms with Gasteiger partial charge in [0.05, 0.1) is 16.4 Å². The van der Waals surface area contributed by atoms with E-state index in [1.807, 2.05) is 42.5 Å². The second-order valence-corrected chi connectivity index (χ2v) is 6.07. The highest BCUT2D eigenvalue weighted by atomic mass is 79.9. The number of nitrogens with zero attached hydrogens (tertiary/aromatic N) is 4. The summed E-state index contributed by atoms with van der Waals surface area (Å²) >= 11 is 3.49. The standard InChI is InChI=1S/C17H13BrN5O/c18-14-10-19-23-16(20-13-7-4-8-22(24)11-13)9-15(21-17(14)23)12-5-2-1-3-6-12/h1-11,20,24H/q+1. The number of hydrogen-bond donors (Lipinski definition) is 2. The van der Waals surface area contributed by atoms with Gasteiger partial charge in [0.15, 0.2) is 5.65 Å². The molecule has 0 aliphatic rings. The van der Waals surface area contributed by atoms with Crippen LogP contribution < -0.4 is 10.0 Å². The number of nitrogens with one attached hydrogen (secondary N) is 1. The summed E-state index contributed by atoms with van der Waals surface area (Å²) in [6.45, 7) is 0. The van der Waals surface area contributed by atoms with Gasteiger partial charge in [-0.1, -0.05) is 30.3 Å². The Bertz CT molecular complexity index is 1020. The Morgan fingerprint density at radius 2 is 1.96 bits per heavy atom. The summed E-state index contributed by atoms with van der Waals surface area (Å²) in [5.41, 5.74) is 3.30. The molecule has 0 atom stereocenters. The lowest BCUT2D eigenvalue weighted by molar-refractivity contribution is -0.904. The van der Waals surface area contributed by atoms with Gasteiger partial charge in [-0.05, 0) is 22.0 Å². The Morgan fingerprint density at radius 3 is 2.75 bits per heavy atom. The van der Waals surface area contributed by atoms with Crippen molar-refractivity contribution in [3.05, 3.63) is 71.6 Å². The van der Waals surface area contributed by atoms with E-state index in [9.17, 15) is 5.21 Å². The van der Waals surface area contributed by atoms with Crippen LogP contribution in [-0.4, -0.2) is 19.8 Å². The lowest BCUT2D eigenvalue weighted by Crippen LogP contribution is -2.28. The molecule has 0 radical (unpaired) electrons. The fourth-order valence-corrected chi connectivity index (χ4v) is 2.82. The highest BCUT2D eigenvalue weighted by molar-refractivity contribution is 9.10. The summed E-state index contributed by atoms with van der Waals surface area (Å²) < 4.78 is 3.52. The lowest BCUT2D eigenvalue weighted by Gasteiger charge is -2.10. The molecule has 4 rings (SSSR count). The molecule has 3 aromatic heterocycles. The number of halogens is 1. The fourth-order valence-electron chi connectivity index (χ4n) is 2.47. The van der Waals surface area contributed by atoms with Crippen molar-refractivity contribution in [3.63, 3.8) is 0 Å². The van der Waals surface area contributed by atoms with Gasteiger partial charge in [0, 0.05) is 22.4 Å². The van der Waals surface area contributed by atoms with Gasteiger partial charge >= 0.3 is 0 Å². The van der Waals surface area contributed by atoms with E-state index >= 15 is 0 Å². The van der Waals surface area contributed by atoms with Crippen molar-refractivity contribution in [2.45, 2.75) is 0 Å². The fraction of sp³-hybridized carbons (Fsp3) is 0. The predicted molar refractivity (Wildman–Crippen MR) is 93.2 cm³/mol. The first-order chi connectivity index (χ1) is 11.7. The van der Waals surface area contributed by atoms with Crippen molar-refractivity contribution in [1.29, 1.82) is 0 Å². The van der Waals surface area contributed by atoms with Crippen LogP contribution in [0.25, 0.3) is 16.9 Å². The molecule has 0 bridgehead atoms. The minimum atomic E-state index is 0.714. The average molecular weight is 383 g/mol. The first-order valence-electron chi connectivity index (χ1n) is 7.28. The van der Waals surface area contributed by atoms with Crippen molar-refractivity contribution in [2.24, 2.45) is 0 Å². The summed E-state index contributed by atoms with van der Waals surface area (Å²) in [4.78, 5) is 4.68. The molecule has 6 nitrogen and oxygen atoms in total. The summed E-state index contributed by atoms with van der Waals surface area (Å²) in [5.74, 6) is 0.746. The lowest BCUT2D eigenvalue weighted by atomic mass is 10.1. The molecule has 0 unspecified atom stereocenters. The molecule has 3 heterocycles. The van der Waals surface area contributed by atoms with Crippen molar-refractivity contribution < 1.29 is 9.94 Å². The zero-order chi connectivity index (χ0) is 16.5. The quantitative estimate of drug-likeness (QED) is 0.420. The maximum absolute atomic E-state index is 9.58. The van der Waals surface area contributed by atoms with Gasteiger partial charge in [0.2, 0.25) is 12.4 Å². The van der Waals surface area contributed by atoms with Crippen LogP contribution in [0.2, 0.25) is 0 Å². The Morgan fingerprint density at radius 1 is 1.12 bits per heavy atom. The molecule has 1 aromatic carbocycles. The van der Waals surface area contributed by atoms with Crippen LogP contribution >= 0.6 is 15.9 Å². The number of anilines is 2. The molecule has 0 aliphatic carbocycles. The molecular weight excluding hydrogens is 370 g/mol. The number of hydrogen-bond acceptors (Lipinski definition) is 4. The number of pyridine rings is 1. The molecule has 0 aliphatic heterocycles. The molecule has 0 spiro atoms. The van der Waals surface area contributed by atoms with Crippen LogP contribution in [0.5, 0.6) is 0 Å². The van der Waals surface area contributed by atoms with E-state index in [2.05, 4.69) is 31.3 Å². The molecular formula is C17H13BrN5O+. The average Bonchev–Trinajstić information content (AvgIpc) is 2.97. The van der Waals surface area contributed by atoms with Gasteiger partial charge in [0.1, 0.15) is 11.5 Å².